The first kappa shape index (κ1) is 17.6. The van der Waals surface area contributed by atoms with Gasteiger partial charge >= 0.3 is 0 Å². The second-order valence-corrected chi connectivity index (χ2v) is 5.77. The summed E-state index contributed by atoms with van der Waals surface area (Å²) in [6.07, 6.45) is 2.75. The maximum Gasteiger partial charge on any atom is 0.225 e. The molecule has 0 aliphatic rings. The maximum absolute atomic E-state index is 12.1. The molecule has 116 valence electrons. The van der Waals surface area contributed by atoms with Crippen molar-refractivity contribution in [2.24, 2.45) is 5.73 Å². The Balaban J connectivity index is 2.53. The molecule has 0 aliphatic heterocycles. The van der Waals surface area contributed by atoms with Crippen molar-refractivity contribution >= 4 is 28.8 Å². The molecule has 0 aliphatic carbocycles. The van der Waals surface area contributed by atoms with Gasteiger partial charge < -0.3 is 16.0 Å². The number of nitrogens with zero attached hydrogens (tertiary/aromatic N) is 1. The molecule has 0 saturated heterocycles. The van der Waals surface area contributed by atoms with Crippen LogP contribution in [-0.4, -0.2) is 35.4 Å². The molecule has 1 aromatic rings. The number of hydrogen-bond acceptors (Lipinski definition) is 3. The molecule has 1 amide bonds. The molecule has 3 N–H and O–H groups in total. The van der Waals surface area contributed by atoms with Gasteiger partial charge in [-0.1, -0.05) is 37.7 Å². The lowest BCUT2D eigenvalue weighted by molar-refractivity contribution is -0.116. The van der Waals surface area contributed by atoms with E-state index >= 15 is 0 Å². The van der Waals surface area contributed by atoms with Crippen LogP contribution in [-0.2, 0) is 4.79 Å². The number of nitrogens with two attached hydrogens (primary N) is 1. The van der Waals surface area contributed by atoms with Gasteiger partial charge in [-0.3, -0.25) is 4.79 Å². The molecule has 0 radical (unpaired) electrons. The predicted octanol–water partition coefficient (Wildman–Crippen LogP) is 2.77. The van der Waals surface area contributed by atoms with Gasteiger partial charge in [0.1, 0.15) is 4.99 Å². The maximum atomic E-state index is 12.1. The summed E-state index contributed by atoms with van der Waals surface area (Å²) in [5.41, 5.74) is 7.04. The molecule has 21 heavy (non-hydrogen) atoms. The molecule has 0 spiro atoms. The van der Waals surface area contributed by atoms with Gasteiger partial charge in [-0.05, 0) is 32.5 Å². The van der Waals surface area contributed by atoms with Crippen LogP contribution >= 0.6 is 12.2 Å². The van der Waals surface area contributed by atoms with Crippen LogP contribution in [0.1, 0.15) is 38.7 Å². The van der Waals surface area contributed by atoms with Gasteiger partial charge in [-0.25, -0.2) is 0 Å². The third-order valence-corrected chi connectivity index (χ3v) is 3.84. The van der Waals surface area contributed by atoms with Crippen molar-refractivity contribution in [1.82, 2.24) is 4.90 Å². The number of para-hydroxylation sites is 1. The third-order valence-electron chi connectivity index (χ3n) is 3.62. The van der Waals surface area contributed by atoms with E-state index in [0.717, 1.165) is 19.4 Å². The SMILES string of the molecule is CCCC(C)N(C)CCC(=O)Nc1ccccc1C(N)=S. The van der Waals surface area contributed by atoms with E-state index in [9.17, 15) is 4.79 Å². The van der Waals surface area contributed by atoms with E-state index in [-0.39, 0.29) is 5.91 Å². The predicted molar refractivity (Wildman–Crippen MR) is 92.6 cm³/mol. The van der Waals surface area contributed by atoms with Crippen LogP contribution in [0.25, 0.3) is 0 Å². The zero-order valence-electron chi connectivity index (χ0n) is 13.1. The molecule has 1 unspecified atom stereocenters. The smallest absolute Gasteiger partial charge is 0.225 e. The summed E-state index contributed by atoms with van der Waals surface area (Å²) in [6.45, 7) is 5.09. The fourth-order valence-corrected chi connectivity index (χ4v) is 2.33. The van der Waals surface area contributed by atoms with Crippen molar-refractivity contribution in [2.75, 3.05) is 18.9 Å². The number of rotatable bonds is 8. The summed E-state index contributed by atoms with van der Waals surface area (Å²) in [5.74, 6) is -0.0192. The zero-order chi connectivity index (χ0) is 15.8. The van der Waals surface area contributed by atoms with Gasteiger partial charge in [0.2, 0.25) is 5.91 Å². The summed E-state index contributed by atoms with van der Waals surface area (Å²) >= 11 is 4.99. The van der Waals surface area contributed by atoms with Crippen molar-refractivity contribution in [3.05, 3.63) is 29.8 Å². The average molecular weight is 307 g/mol. The van der Waals surface area contributed by atoms with Gasteiger partial charge in [0.15, 0.2) is 0 Å². The number of nitrogens with one attached hydrogen (secondary N) is 1. The highest BCUT2D eigenvalue weighted by Gasteiger charge is 2.12. The lowest BCUT2D eigenvalue weighted by Crippen LogP contribution is -2.32. The van der Waals surface area contributed by atoms with Crippen LogP contribution in [0.3, 0.4) is 0 Å². The van der Waals surface area contributed by atoms with Crippen LogP contribution in [0, 0.1) is 0 Å². The fourth-order valence-electron chi connectivity index (χ4n) is 2.16. The second-order valence-electron chi connectivity index (χ2n) is 5.33. The Bertz CT molecular complexity index is 490. The number of amides is 1. The van der Waals surface area contributed by atoms with Gasteiger partial charge in [0, 0.05) is 24.6 Å². The van der Waals surface area contributed by atoms with Crippen LogP contribution < -0.4 is 11.1 Å². The molecule has 0 saturated carbocycles. The molecule has 1 rings (SSSR count). The van der Waals surface area contributed by atoms with Crippen LogP contribution in [0.4, 0.5) is 5.69 Å². The zero-order valence-corrected chi connectivity index (χ0v) is 13.9. The van der Waals surface area contributed by atoms with Crippen molar-refractivity contribution in [3.63, 3.8) is 0 Å². The van der Waals surface area contributed by atoms with Gasteiger partial charge in [-0.2, -0.15) is 0 Å². The Kier molecular flexibility index (Phi) is 7.32. The quantitative estimate of drug-likeness (QED) is 0.725. The molecule has 4 nitrogen and oxygen atoms in total. The summed E-state index contributed by atoms with van der Waals surface area (Å²) in [7, 11) is 2.05. The van der Waals surface area contributed by atoms with Crippen LogP contribution in [0.2, 0.25) is 0 Å². The molecule has 1 aromatic carbocycles. The molecule has 5 heteroatoms. The Morgan fingerprint density at radius 2 is 2.10 bits per heavy atom. The fraction of sp³-hybridized carbons (Fsp3) is 0.500. The summed E-state index contributed by atoms with van der Waals surface area (Å²) in [5, 5.41) is 2.89. The van der Waals surface area contributed by atoms with Gasteiger partial charge in [0.05, 0.1) is 5.69 Å². The van der Waals surface area contributed by atoms with Gasteiger partial charge in [-0.15, -0.1) is 0 Å². The van der Waals surface area contributed by atoms with Crippen molar-refractivity contribution in [2.45, 2.75) is 39.2 Å². The van der Waals surface area contributed by atoms with E-state index in [0.29, 0.717) is 28.7 Å². The minimum Gasteiger partial charge on any atom is -0.389 e. The molecular formula is C16H25N3OS. The molecule has 1 atom stereocenters. The van der Waals surface area contributed by atoms with Crippen LogP contribution in [0.15, 0.2) is 24.3 Å². The first-order valence-electron chi connectivity index (χ1n) is 7.34. The van der Waals surface area contributed by atoms with E-state index in [1.807, 2.05) is 24.3 Å². The van der Waals surface area contributed by atoms with Gasteiger partial charge in [0.25, 0.3) is 0 Å². The topological polar surface area (TPSA) is 58.4 Å². The Morgan fingerprint density at radius 3 is 2.71 bits per heavy atom. The van der Waals surface area contributed by atoms with E-state index in [4.69, 9.17) is 18.0 Å². The number of benzene rings is 1. The highest BCUT2D eigenvalue weighted by atomic mass is 32.1. The van der Waals surface area contributed by atoms with Crippen molar-refractivity contribution < 1.29 is 4.79 Å². The molecule has 0 bridgehead atoms. The number of carbonyl (C=O) groups excluding carboxylic acids is 1. The number of carbonyl (C=O) groups is 1. The third kappa shape index (κ3) is 5.81. The summed E-state index contributed by atoms with van der Waals surface area (Å²) in [6, 6.07) is 7.83. The first-order valence-corrected chi connectivity index (χ1v) is 7.75. The Hall–Kier alpha value is -1.46. The van der Waals surface area contributed by atoms with Crippen LogP contribution in [0.5, 0.6) is 0 Å². The second kappa shape index (κ2) is 8.74. The van der Waals surface area contributed by atoms with Crippen molar-refractivity contribution in [1.29, 1.82) is 0 Å². The average Bonchev–Trinajstić information content (AvgIpc) is 2.45. The minimum absolute atomic E-state index is 0.0192. The highest BCUT2D eigenvalue weighted by molar-refractivity contribution is 7.80. The number of anilines is 1. The summed E-state index contributed by atoms with van der Waals surface area (Å²) in [4.78, 5) is 14.6. The first-order chi connectivity index (χ1) is 9.95. The molecule has 0 heterocycles. The standard InChI is InChI=1S/C16H25N3OS/c1-4-7-12(2)19(3)11-10-15(20)18-14-9-6-5-8-13(14)16(17)21/h5-6,8-9,12H,4,7,10-11H2,1-3H3,(H2,17,21)(H,18,20). The normalized spacial score (nSPS) is 12.2. The van der Waals surface area contributed by atoms with E-state index in [1.165, 1.54) is 0 Å². The van der Waals surface area contributed by atoms with E-state index in [1.54, 1.807) is 0 Å². The van der Waals surface area contributed by atoms with E-state index in [2.05, 4.69) is 31.1 Å². The Labute approximate surface area is 132 Å². The monoisotopic (exact) mass is 307 g/mol. The lowest BCUT2D eigenvalue weighted by atomic mass is 10.1. The molecular weight excluding hydrogens is 282 g/mol. The number of hydrogen-bond donors (Lipinski definition) is 2. The Morgan fingerprint density at radius 1 is 1.43 bits per heavy atom. The lowest BCUT2D eigenvalue weighted by Gasteiger charge is -2.24. The number of thiocarbonyl (C=S) groups is 1. The molecule has 0 fully saturated rings. The van der Waals surface area contributed by atoms with Crippen molar-refractivity contribution in [3.8, 4) is 0 Å². The minimum atomic E-state index is -0.0192. The summed E-state index contributed by atoms with van der Waals surface area (Å²) < 4.78 is 0. The highest BCUT2D eigenvalue weighted by Crippen LogP contribution is 2.15. The largest absolute Gasteiger partial charge is 0.389 e. The van der Waals surface area contributed by atoms with E-state index < -0.39 is 0 Å². The molecule has 0 aromatic heterocycles.